The molecular formula is C24H31N5O2. The zero-order valence-electron chi connectivity index (χ0n) is 18.4. The molecule has 2 amide bonds. The highest BCUT2D eigenvalue weighted by atomic mass is 16.2. The van der Waals surface area contributed by atoms with Crippen LogP contribution in [0, 0.1) is 5.92 Å². The Balaban J connectivity index is 1.54. The molecule has 0 bridgehead atoms. The predicted molar refractivity (Wildman–Crippen MR) is 121 cm³/mol. The summed E-state index contributed by atoms with van der Waals surface area (Å²) in [6.07, 6.45) is 7.30. The van der Waals surface area contributed by atoms with E-state index in [0.29, 0.717) is 12.5 Å². The first-order valence-electron chi connectivity index (χ1n) is 11.2. The number of nitrogens with zero attached hydrogens (tertiary/aromatic N) is 4. The van der Waals surface area contributed by atoms with E-state index in [0.717, 1.165) is 68.0 Å². The van der Waals surface area contributed by atoms with Crippen LogP contribution in [0.15, 0.2) is 36.7 Å². The third kappa shape index (κ3) is 5.10. The van der Waals surface area contributed by atoms with Crippen LogP contribution in [0.1, 0.15) is 44.2 Å². The van der Waals surface area contributed by atoms with E-state index in [9.17, 15) is 9.59 Å². The van der Waals surface area contributed by atoms with E-state index in [-0.39, 0.29) is 17.7 Å². The third-order valence-electron chi connectivity index (χ3n) is 6.37. The largest absolute Gasteiger partial charge is 0.342 e. The number of hydrogen-bond donors (Lipinski definition) is 1. The topological polar surface area (TPSA) is 78.4 Å². The third-order valence-corrected chi connectivity index (χ3v) is 6.37. The lowest BCUT2D eigenvalue weighted by Gasteiger charge is -2.37. The van der Waals surface area contributed by atoms with E-state index in [1.807, 2.05) is 24.3 Å². The summed E-state index contributed by atoms with van der Waals surface area (Å²) in [6, 6.07) is 7.70. The van der Waals surface area contributed by atoms with E-state index < -0.39 is 0 Å². The smallest absolute Gasteiger partial charge is 0.225 e. The molecule has 31 heavy (non-hydrogen) atoms. The van der Waals surface area contributed by atoms with Gasteiger partial charge in [0, 0.05) is 55.5 Å². The number of likely N-dealkylation sites (tertiary alicyclic amines) is 2. The second-order valence-electron chi connectivity index (χ2n) is 8.75. The molecule has 7 heteroatoms. The van der Waals surface area contributed by atoms with Gasteiger partial charge in [0.25, 0.3) is 0 Å². The summed E-state index contributed by atoms with van der Waals surface area (Å²) in [5, 5.41) is 2.83. The van der Waals surface area contributed by atoms with Crippen LogP contribution >= 0.6 is 0 Å². The van der Waals surface area contributed by atoms with Gasteiger partial charge in [-0.2, -0.15) is 0 Å². The maximum atomic E-state index is 13.2. The molecule has 1 aromatic carbocycles. The molecular weight excluding hydrogens is 390 g/mol. The predicted octanol–water partition coefficient (Wildman–Crippen LogP) is 3.15. The number of anilines is 1. The van der Waals surface area contributed by atoms with Crippen LogP contribution in [0.25, 0.3) is 11.3 Å². The van der Waals surface area contributed by atoms with Gasteiger partial charge in [-0.15, -0.1) is 0 Å². The molecule has 2 aromatic rings. The summed E-state index contributed by atoms with van der Waals surface area (Å²) >= 11 is 0. The van der Waals surface area contributed by atoms with Crippen LogP contribution in [0.2, 0.25) is 0 Å². The molecule has 4 rings (SSSR count). The molecule has 2 aliphatic rings. The number of benzene rings is 1. The molecule has 2 fully saturated rings. The van der Waals surface area contributed by atoms with Gasteiger partial charge in [0.05, 0.1) is 11.4 Å². The summed E-state index contributed by atoms with van der Waals surface area (Å²) in [7, 11) is 2.12. The normalized spacial score (nSPS) is 20.5. The number of piperidine rings is 2. The van der Waals surface area contributed by atoms with E-state index in [1.165, 1.54) is 6.92 Å². The average Bonchev–Trinajstić information content (AvgIpc) is 2.79. The summed E-state index contributed by atoms with van der Waals surface area (Å²) < 4.78 is 0. The van der Waals surface area contributed by atoms with Gasteiger partial charge in [-0.25, -0.2) is 0 Å². The molecule has 1 atom stereocenters. The Morgan fingerprint density at radius 3 is 2.61 bits per heavy atom. The number of rotatable bonds is 4. The first-order chi connectivity index (χ1) is 15.0. The van der Waals surface area contributed by atoms with Crippen LogP contribution in [-0.4, -0.2) is 64.8 Å². The highest BCUT2D eigenvalue weighted by molar-refractivity contribution is 5.89. The minimum absolute atomic E-state index is 0.105. The van der Waals surface area contributed by atoms with Crippen molar-refractivity contribution >= 4 is 17.5 Å². The van der Waals surface area contributed by atoms with E-state index >= 15 is 0 Å². The molecule has 2 aliphatic heterocycles. The molecule has 0 unspecified atom stereocenters. The summed E-state index contributed by atoms with van der Waals surface area (Å²) in [4.78, 5) is 38.3. The molecule has 0 spiro atoms. The zero-order valence-corrected chi connectivity index (χ0v) is 18.4. The van der Waals surface area contributed by atoms with Crippen molar-refractivity contribution in [3.8, 4) is 11.3 Å². The van der Waals surface area contributed by atoms with Crippen molar-refractivity contribution in [2.75, 3.05) is 38.5 Å². The van der Waals surface area contributed by atoms with Crippen LogP contribution in [0.5, 0.6) is 0 Å². The van der Waals surface area contributed by atoms with Gasteiger partial charge in [0.15, 0.2) is 0 Å². The quantitative estimate of drug-likeness (QED) is 0.821. The van der Waals surface area contributed by atoms with Gasteiger partial charge >= 0.3 is 0 Å². The minimum atomic E-state index is -0.105. The SMILES string of the molecule is CC(=O)Nc1cccc(-c2nccnc2[C@H]2CCCN(C(=O)C3CCN(C)CC3)C2)c1. The lowest BCUT2D eigenvalue weighted by molar-refractivity contribution is -0.138. The summed E-state index contributed by atoms with van der Waals surface area (Å²) in [5.41, 5.74) is 3.43. The Hall–Kier alpha value is -2.80. The van der Waals surface area contributed by atoms with Crippen LogP contribution < -0.4 is 5.32 Å². The Bertz CT molecular complexity index is 939. The first-order valence-corrected chi connectivity index (χ1v) is 11.2. The van der Waals surface area contributed by atoms with Crippen LogP contribution in [0.4, 0.5) is 5.69 Å². The van der Waals surface area contributed by atoms with E-state index in [1.54, 1.807) is 12.4 Å². The number of carbonyl (C=O) groups excluding carboxylic acids is 2. The van der Waals surface area contributed by atoms with Gasteiger partial charge < -0.3 is 15.1 Å². The molecule has 3 heterocycles. The van der Waals surface area contributed by atoms with Crippen LogP contribution in [-0.2, 0) is 9.59 Å². The molecule has 164 valence electrons. The lowest BCUT2D eigenvalue weighted by Crippen LogP contribution is -2.45. The second-order valence-corrected chi connectivity index (χ2v) is 8.75. The maximum Gasteiger partial charge on any atom is 0.225 e. The fourth-order valence-electron chi connectivity index (χ4n) is 4.73. The molecule has 7 nitrogen and oxygen atoms in total. The first kappa shape index (κ1) is 21.4. The van der Waals surface area contributed by atoms with Gasteiger partial charge in [-0.05, 0) is 58.0 Å². The molecule has 0 saturated carbocycles. The van der Waals surface area contributed by atoms with Crippen molar-refractivity contribution in [1.82, 2.24) is 19.8 Å². The lowest BCUT2D eigenvalue weighted by atomic mass is 9.89. The molecule has 0 radical (unpaired) electrons. The van der Waals surface area contributed by atoms with Crippen molar-refractivity contribution in [1.29, 1.82) is 0 Å². The van der Waals surface area contributed by atoms with Crippen molar-refractivity contribution in [2.24, 2.45) is 5.92 Å². The minimum Gasteiger partial charge on any atom is -0.342 e. The molecule has 2 saturated heterocycles. The fourth-order valence-corrected chi connectivity index (χ4v) is 4.73. The molecule has 1 aromatic heterocycles. The number of aromatic nitrogens is 2. The fraction of sp³-hybridized carbons (Fsp3) is 0.500. The van der Waals surface area contributed by atoms with Gasteiger partial charge in [-0.3, -0.25) is 19.6 Å². The van der Waals surface area contributed by atoms with Crippen LogP contribution in [0.3, 0.4) is 0 Å². The monoisotopic (exact) mass is 421 g/mol. The van der Waals surface area contributed by atoms with Crippen molar-refractivity contribution in [3.05, 3.63) is 42.4 Å². The van der Waals surface area contributed by atoms with Gasteiger partial charge in [0.1, 0.15) is 0 Å². The van der Waals surface area contributed by atoms with Crippen molar-refractivity contribution < 1.29 is 9.59 Å². The number of carbonyl (C=O) groups is 2. The van der Waals surface area contributed by atoms with Crippen molar-refractivity contribution in [2.45, 2.75) is 38.5 Å². The maximum absolute atomic E-state index is 13.2. The van der Waals surface area contributed by atoms with Crippen molar-refractivity contribution in [3.63, 3.8) is 0 Å². The molecule has 0 aliphatic carbocycles. The molecule has 1 N–H and O–H groups in total. The Morgan fingerprint density at radius 2 is 1.84 bits per heavy atom. The van der Waals surface area contributed by atoms with Gasteiger partial charge in [-0.1, -0.05) is 12.1 Å². The number of nitrogens with one attached hydrogen (secondary N) is 1. The Labute approximate surface area is 183 Å². The second kappa shape index (κ2) is 9.56. The van der Waals surface area contributed by atoms with Gasteiger partial charge in [0.2, 0.25) is 11.8 Å². The summed E-state index contributed by atoms with van der Waals surface area (Å²) in [6.45, 7) is 5.01. The average molecular weight is 422 g/mol. The van der Waals surface area contributed by atoms with E-state index in [4.69, 9.17) is 4.98 Å². The highest BCUT2D eigenvalue weighted by Crippen LogP contribution is 2.33. The Morgan fingerprint density at radius 1 is 1.06 bits per heavy atom. The highest BCUT2D eigenvalue weighted by Gasteiger charge is 2.32. The summed E-state index contributed by atoms with van der Waals surface area (Å²) in [5.74, 6) is 0.505. The number of amides is 2. The standard InChI is InChI=1S/C24H31N5O2/c1-17(30)27-21-7-3-5-19(15-21)22-23(26-11-10-25-22)20-6-4-12-29(16-20)24(31)18-8-13-28(2)14-9-18/h3,5,7,10-11,15,18,20H,4,6,8-9,12-14,16H2,1-2H3,(H,27,30)/t20-/m0/s1. The number of hydrogen-bond acceptors (Lipinski definition) is 5. The van der Waals surface area contributed by atoms with E-state index in [2.05, 4.69) is 27.1 Å². The zero-order chi connectivity index (χ0) is 21.8. The Kier molecular flexibility index (Phi) is 6.61.